The molecule has 0 radical (unpaired) electrons. The lowest BCUT2D eigenvalue weighted by Gasteiger charge is -2.36. The molecule has 0 unspecified atom stereocenters. The summed E-state index contributed by atoms with van der Waals surface area (Å²) < 4.78 is 18.3. The number of epoxide rings is 1. The van der Waals surface area contributed by atoms with Gasteiger partial charge in [0.05, 0.1) is 13.2 Å². The molecule has 2 heterocycles. The molecule has 2 fully saturated rings. The Hall–Kier alpha value is -2.46. The topological polar surface area (TPSA) is 31.0 Å². The van der Waals surface area contributed by atoms with Gasteiger partial charge < -0.3 is 14.2 Å². The number of hydrogen-bond acceptors (Lipinski definition) is 3. The average molecular weight is 358 g/mol. The molecule has 0 spiro atoms. The van der Waals surface area contributed by atoms with Gasteiger partial charge in [0.2, 0.25) is 0 Å². The molecule has 2 saturated heterocycles. The second-order valence-electron chi connectivity index (χ2n) is 7.10. The lowest BCUT2D eigenvalue weighted by atomic mass is 9.80. The summed E-state index contributed by atoms with van der Waals surface area (Å²) in [5.74, 6) is 0. The van der Waals surface area contributed by atoms with Gasteiger partial charge in [-0.3, -0.25) is 0 Å². The molecule has 0 saturated carbocycles. The van der Waals surface area contributed by atoms with Crippen molar-refractivity contribution in [3.05, 3.63) is 108 Å². The highest BCUT2D eigenvalue weighted by molar-refractivity contribution is 5.47. The van der Waals surface area contributed by atoms with Gasteiger partial charge in [0.15, 0.2) is 0 Å². The van der Waals surface area contributed by atoms with Gasteiger partial charge >= 0.3 is 0 Å². The van der Waals surface area contributed by atoms with E-state index < -0.39 is 5.60 Å². The summed E-state index contributed by atoms with van der Waals surface area (Å²) in [5.41, 5.74) is 2.62. The zero-order valence-electron chi connectivity index (χ0n) is 15.0. The van der Waals surface area contributed by atoms with E-state index in [0.717, 1.165) is 16.7 Å². The molecule has 3 aromatic rings. The van der Waals surface area contributed by atoms with Crippen LogP contribution in [-0.4, -0.2) is 31.5 Å². The van der Waals surface area contributed by atoms with Crippen molar-refractivity contribution in [2.45, 2.75) is 23.9 Å². The highest BCUT2D eigenvalue weighted by Crippen LogP contribution is 2.42. The van der Waals surface area contributed by atoms with Gasteiger partial charge in [-0.2, -0.15) is 0 Å². The van der Waals surface area contributed by atoms with Crippen LogP contribution in [0.25, 0.3) is 0 Å². The van der Waals surface area contributed by atoms with Gasteiger partial charge in [0.25, 0.3) is 0 Å². The van der Waals surface area contributed by atoms with Crippen LogP contribution in [0.2, 0.25) is 0 Å². The fourth-order valence-electron chi connectivity index (χ4n) is 4.05. The van der Waals surface area contributed by atoms with Crippen molar-refractivity contribution in [2.24, 2.45) is 0 Å². The summed E-state index contributed by atoms with van der Waals surface area (Å²) in [4.78, 5) is 0. The Kier molecular flexibility index (Phi) is 4.29. The Morgan fingerprint density at radius 1 is 0.741 bits per heavy atom. The summed E-state index contributed by atoms with van der Waals surface area (Å²) in [5, 5.41) is 0. The van der Waals surface area contributed by atoms with Crippen LogP contribution in [0.3, 0.4) is 0 Å². The van der Waals surface area contributed by atoms with Gasteiger partial charge in [0.1, 0.15) is 23.9 Å². The minimum atomic E-state index is -0.694. The molecule has 5 rings (SSSR count). The van der Waals surface area contributed by atoms with Crippen LogP contribution >= 0.6 is 0 Å². The third kappa shape index (κ3) is 2.98. The van der Waals surface area contributed by atoms with Crippen molar-refractivity contribution in [2.75, 3.05) is 13.2 Å². The Morgan fingerprint density at radius 2 is 1.22 bits per heavy atom. The fourth-order valence-corrected chi connectivity index (χ4v) is 4.05. The van der Waals surface area contributed by atoms with Crippen molar-refractivity contribution in [1.82, 2.24) is 0 Å². The molecule has 3 aromatic carbocycles. The minimum absolute atomic E-state index is 0.00879. The number of rotatable bonds is 6. The maximum absolute atomic E-state index is 6.76. The quantitative estimate of drug-likeness (QED) is 0.490. The van der Waals surface area contributed by atoms with Crippen molar-refractivity contribution < 1.29 is 14.2 Å². The second kappa shape index (κ2) is 6.93. The molecule has 3 heteroatoms. The van der Waals surface area contributed by atoms with E-state index in [2.05, 4.69) is 72.8 Å². The van der Waals surface area contributed by atoms with Crippen LogP contribution in [0.1, 0.15) is 16.7 Å². The molecule has 27 heavy (non-hydrogen) atoms. The number of fused-ring (bicyclic) bond motifs is 1. The van der Waals surface area contributed by atoms with Crippen molar-refractivity contribution in [1.29, 1.82) is 0 Å². The van der Waals surface area contributed by atoms with Crippen LogP contribution in [0.15, 0.2) is 91.0 Å². The smallest absolute Gasteiger partial charge is 0.143 e. The molecule has 2 aliphatic rings. The Morgan fingerprint density at radius 3 is 1.59 bits per heavy atom. The highest BCUT2D eigenvalue weighted by Gasteiger charge is 2.52. The summed E-state index contributed by atoms with van der Waals surface area (Å²) in [6, 6.07) is 31.3. The third-order valence-corrected chi connectivity index (χ3v) is 5.47. The van der Waals surface area contributed by atoms with E-state index in [1.54, 1.807) is 0 Å². The minimum Gasteiger partial charge on any atom is -0.370 e. The first kappa shape index (κ1) is 16.7. The summed E-state index contributed by atoms with van der Waals surface area (Å²) in [7, 11) is 0. The predicted molar refractivity (Wildman–Crippen MR) is 104 cm³/mol. The van der Waals surface area contributed by atoms with Crippen LogP contribution in [0, 0.1) is 0 Å². The first-order chi connectivity index (χ1) is 13.4. The van der Waals surface area contributed by atoms with E-state index in [9.17, 15) is 0 Å². The lowest BCUT2D eigenvalue weighted by molar-refractivity contribution is -0.0702. The van der Waals surface area contributed by atoms with Crippen LogP contribution in [0.5, 0.6) is 0 Å². The van der Waals surface area contributed by atoms with Crippen molar-refractivity contribution in [3.8, 4) is 0 Å². The standard InChI is InChI=1S/C24H22O3/c1-4-10-18(11-5-1)24(19-12-6-2-7-13-19,20-14-8-3-9-15-20)26-17-21-23-22(27-23)16-25-21/h1-15,21-23H,16-17H2/t21-,22-,23-/m1/s1. The maximum atomic E-state index is 6.76. The molecule has 3 atom stereocenters. The molecule has 2 aliphatic heterocycles. The summed E-state index contributed by atoms with van der Waals surface area (Å²) in [6.45, 7) is 1.16. The first-order valence-corrected chi connectivity index (χ1v) is 9.45. The zero-order chi connectivity index (χ0) is 18.1. The van der Waals surface area contributed by atoms with Gasteiger partial charge in [-0.25, -0.2) is 0 Å². The normalized spacial score (nSPS) is 23.8. The predicted octanol–water partition coefficient (Wildman–Crippen LogP) is 4.16. The zero-order valence-corrected chi connectivity index (χ0v) is 15.0. The maximum Gasteiger partial charge on any atom is 0.143 e. The average Bonchev–Trinajstić information content (AvgIpc) is 3.43. The molecule has 3 nitrogen and oxygen atoms in total. The van der Waals surface area contributed by atoms with E-state index in [1.165, 1.54) is 0 Å². The Bertz CT molecular complexity index is 783. The molecule has 0 aliphatic carbocycles. The van der Waals surface area contributed by atoms with Gasteiger partial charge in [-0.05, 0) is 16.7 Å². The summed E-state index contributed by atoms with van der Waals surface area (Å²) in [6.07, 6.45) is 0.439. The van der Waals surface area contributed by atoms with Crippen LogP contribution in [-0.2, 0) is 19.8 Å². The van der Waals surface area contributed by atoms with E-state index in [1.807, 2.05) is 18.2 Å². The molecular formula is C24H22O3. The largest absolute Gasteiger partial charge is 0.370 e. The molecule has 0 aromatic heterocycles. The van der Waals surface area contributed by atoms with E-state index >= 15 is 0 Å². The molecule has 0 N–H and O–H groups in total. The Balaban J connectivity index is 1.62. The van der Waals surface area contributed by atoms with Crippen LogP contribution < -0.4 is 0 Å². The third-order valence-electron chi connectivity index (χ3n) is 5.47. The lowest BCUT2D eigenvalue weighted by Crippen LogP contribution is -2.36. The van der Waals surface area contributed by atoms with E-state index in [0.29, 0.717) is 13.2 Å². The van der Waals surface area contributed by atoms with E-state index in [-0.39, 0.29) is 18.3 Å². The molecule has 0 amide bonds. The number of hydrogen-bond donors (Lipinski definition) is 0. The van der Waals surface area contributed by atoms with Gasteiger partial charge in [-0.1, -0.05) is 91.0 Å². The van der Waals surface area contributed by atoms with Crippen molar-refractivity contribution >= 4 is 0 Å². The van der Waals surface area contributed by atoms with Crippen LogP contribution in [0.4, 0.5) is 0 Å². The highest BCUT2D eigenvalue weighted by atomic mass is 16.7. The fraction of sp³-hybridized carbons (Fsp3) is 0.250. The first-order valence-electron chi connectivity index (χ1n) is 9.45. The molecule has 136 valence electrons. The SMILES string of the molecule is c1ccc(C(OC[C@H]2OC[C@H]3O[C@H]23)(c2ccccc2)c2ccccc2)cc1. The second-order valence-corrected chi connectivity index (χ2v) is 7.10. The molecule has 0 bridgehead atoms. The molecular weight excluding hydrogens is 336 g/mol. The Labute approximate surface area is 159 Å². The number of benzene rings is 3. The van der Waals surface area contributed by atoms with Gasteiger partial charge in [-0.15, -0.1) is 0 Å². The van der Waals surface area contributed by atoms with E-state index in [4.69, 9.17) is 14.2 Å². The van der Waals surface area contributed by atoms with Crippen molar-refractivity contribution in [3.63, 3.8) is 0 Å². The monoisotopic (exact) mass is 358 g/mol. The number of ether oxygens (including phenoxy) is 3. The summed E-state index contributed by atoms with van der Waals surface area (Å²) >= 11 is 0. The van der Waals surface area contributed by atoms with Gasteiger partial charge in [0, 0.05) is 0 Å².